The summed E-state index contributed by atoms with van der Waals surface area (Å²) in [6.45, 7) is 1.52. The Kier molecular flexibility index (Phi) is 4.70. The van der Waals surface area contributed by atoms with Crippen molar-refractivity contribution in [2.45, 2.75) is 6.92 Å². The number of halogens is 1. The summed E-state index contributed by atoms with van der Waals surface area (Å²) in [5, 5.41) is 9.03. The number of benzene rings is 1. The number of aromatic nitrogens is 1. The normalized spacial score (nSPS) is 10.2. The van der Waals surface area contributed by atoms with Crippen molar-refractivity contribution in [1.29, 1.82) is 0 Å². The van der Waals surface area contributed by atoms with Crippen LogP contribution in [-0.2, 0) is 4.79 Å². The third-order valence-corrected chi connectivity index (χ3v) is 3.29. The highest BCUT2D eigenvalue weighted by atomic mass is 79.9. The highest BCUT2D eigenvalue weighted by molar-refractivity contribution is 9.10. The molecule has 6 heteroatoms. The summed E-state index contributed by atoms with van der Waals surface area (Å²) in [7, 11) is 0. The fourth-order valence-electron chi connectivity index (χ4n) is 1.83. The van der Waals surface area contributed by atoms with Crippen LogP contribution in [0.15, 0.2) is 47.2 Å². The third kappa shape index (κ3) is 3.88. The minimum atomic E-state index is -1.07. The standard InChI is InChI=1S/C15H13BrN2O3/c1-10-2-4-12(5-3-10)18(9-14(19)20)15(21)11-6-7-17-13(16)8-11/h2-8H,9H2,1H3,(H,19,20). The van der Waals surface area contributed by atoms with E-state index in [-0.39, 0.29) is 5.91 Å². The van der Waals surface area contributed by atoms with E-state index < -0.39 is 12.5 Å². The molecule has 1 N–H and O–H groups in total. The van der Waals surface area contributed by atoms with Gasteiger partial charge in [-0.05, 0) is 47.1 Å². The van der Waals surface area contributed by atoms with Crippen molar-refractivity contribution in [3.63, 3.8) is 0 Å². The van der Waals surface area contributed by atoms with Gasteiger partial charge in [-0.15, -0.1) is 0 Å². The molecule has 21 heavy (non-hydrogen) atoms. The van der Waals surface area contributed by atoms with Gasteiger partial charge in [-0.2, -0.15) is 0 Å². The Hall–Kier alpha value is -2.21. The van der Waals surface area contributed by atoms with E-state index in [1.807, 2.05) is 19.1 Å². The van der Waals surface area contributed by atoms with Crippen LogP contribution in [0, 0.1) is 6.92 Å². The number of rotatable bonds is 4. The minimum Gasteiger partial charge on any atom is -0.480 e. The molecule has 5 nitrogen and oxygen atoms in total. The number of aliphatic carboxylic acids is 1. The molecule has 0 unspecified atom stereocenters. The molecule has 0 aliphatic heterocycles. The molecule has 1 aromatic heterocycles. The van der Waals surface area contributed by atoms with Crippen LogP contribution in [0.1, 0.15) is 15.9 Å². The average Bonchev–Trinajstić information content (AvgIpc) is 2.45. The minimum absolute atomic E-state index is 0.374. The molecule has 1 heterocycles. The van der Waals surface area contributed by atoms with Crippen molar-refractivity contribution in [3.8, 4) is 0 Å². The van der Waals surface area contributed by atoms with Crippen LogP contribution in [-0.4, -0.2) is 28.5 Å². The molecule has 2 rings (SSSR count). The van der Waals surface area contributed by atoms with Crippen molar-refractivity contribution in [2.24, 2.45) is 0 Å². The number of pyridine rings is 1. The molecule has 0 aliphatic rings. The molecule has 0 saturated heterocycles. The van der Waals surface area contributed by atoms with E-state index in [1.165, 1.54) is 11.1 Å². The Morgan fingerprint density at radius 3 is 2.48 bits per heavy atom. The van der Waals surface area contributed by atoms with E-state index in [2.05, 4.69) is 20.9 Å². The summed E-state index contributed by atoms with van der Waals surface area (Å²) in [6, 6.07) is 10.2. The summed E-state index contributed by atoms with van der Waals surface area (Å²) in [5.41, 5.74) is 1.95. The monoisotopic (exact) mass is 348 g/mol. The highest BCUT2D eigenvalue weighted by Crippen LogP contribution is 2.19. The molecular weight excluding hydrogens is 336 g/mol. The van der Waals surface area contributed by atoms with E-state index >= 15 is 0 Å². The first kappa shape index (κ1) is 15.2. The molecule has 2 aromatic rings. The summed E-state index contributed by atoms with van der Waals surface area (Å²) < 4.78 is 0.521. The Labute approximate surface area is 130 Å². The molecule has 0 atom stereocenters. The third-order valence-electron chi connectivity index (χ3n) is 2.86. The quantitative estimate of drug-likeness (QED) is 0.862. The van der Waals surface area contributed by atoms with Gasteiger partial charge in [0.15, 0.2) is 0 Å². The maximum Gasteiger partial charge on any atom is 0.323 e. The second-order valence-corrected chi connectivity index (χ2v) is 5.30. The number of hydrogen-bond donors (Lipinski definition) is 1. The zero-order valence-corrected chi connectivity index (χ0v) is 12.9. The lowest BCUT2D eigenvalue weighted by molar-refractivity contribution is -0.135. The molecule has 1 amide bonds. The molecular formula is C15H13BrN2O3. The zero-order chi connectivity index (χ0) is 15.4. The van der Waals surface area contributed by atoms with E-state index in [4.69, 9.17) is 5.11 Å². The molecule has 0 fully saturated rings. The van der Waals surface area contributed by atoms with Gasteiger partial charge < -0.3 is 5.11 Å². The maximum atomic E-state index is 12.5. The van der Waals surface area contributed by atoms with Crippen molar-refractivity contribution < 1.29 is 14.7 Å². The molecule has 0 radical (unpaired) electrons. The first-order chi connectivity index (χ1) is 9.97. The van der Waals surface area contributed by atoms with Crippen molar-refractivity contribution >= 4 is 33.5 Å². The fraction of sp³-hybridized carbons (Fsp3) is 0.133. The fourth-order valence-corrected chi connectivity index (χ4v) is 2.20. The van der Waals surface area contributed by atoms with Crippen molar-refractivity contribution in [1.82, 2.24) is 4.98 Å². The van der Waals surface area contributed by atoms with Crippen LogP contribution in [0.25, 0.3) is 0 Å². The van der Waals surface area contributed by atoms with Gasteiger partial charge >= 0.3 is 5.97 Å². The van der Waals surface area contributed by atoms with Crippen LogP contribution in [0.4, 0.5) is 5.69 Å². The van der Waals surface area contributed by atoms with Crippen LogP contribution < -0.4 is 4.90 Å². The Bertz CT molecular complexity index is 671. The van der Waals surface area contributed by atoms with Gasteiger partial charge in [-0.1, -0.05) is 17.7 Å². The molecule has 0 bridgehead atoms. The number of aryl methyl sites for hydroxylation is 1. The number of carboxylic acid groups (broad SMARTS) is 1. The number of hydrogen-bond acceptors (Lipinski definition) is 3. The Balaban J connectivity index is 2.38. The van der Waals surface area contributed by atoms with Crippen molar-refractivity contribution in [2.75, 3.05) is 11.4 Å². The van der Waals surface area contributed by atoms with Crippen molar-refractivity contribution in [3.05, 3.63) is 58.3 Å². The number of nitrogens with zero attached hydrogens (tertiary/aromatic N) is 2. The zero-order valence-electron chi connectivity index (χ0n) is 11.3. The van der Waals surface area contributed by atoms with Crippen LogP contribution >= 0.6 is 15.9 Å². The predicted octanol–water partition coefficient (Wildman–Crippen LogP) is 2.88. The number of amides is 1. The van der Waals surface area contributed by atoms with Crippen LogP contribution in [0.2, 0.25) is 0 Å². The van der Waals surface area contributed by atoms with Gasteiger partial charge in [-0.3, -0.25) is 14.5 Å². The number of carboxylic acids is 1. The van der Waals surface area contributed by atoms with E-state index in [0.717, 1.165) is 5.56 Å². The summed E-state index contributed by atoms with van der Waals surface area (Å²) in [5.74, 6) is -1.46. The second kappa shape index (κ2) is 6.49. The van der Waals surface area contributed by atoms with Gasteiger partial charge in [0.05, 0.1) is 0 Å². The summed E-state index contributed by atoms with van der Waals surface area (Å²) in [6.07, 6.45) is 1.49. The number of carbonyl (C=O) groups is 2. The smallest absolute Gasteiger partial charge is 0.323 e. The van der Waals surface area contributed by atoms with Gasteiger partial charge in [0.25, 0.3) is 5.91 Å². The maximum absolute atomic E-state index is 12.5. The highest BCUT2D eigenvalue weighted by Gasteiger charge is 2.20. The molecule has 108 valence electrons. The lowest BCUT2D eigenvalue weighted by atomic mass is 10.2. The van der Waals surface area contributed by atoms with Crippen LogP contribution in [0.5, 0.6) is 0 Å². The van der Waals surface area contributed by atoms with Gasteiger partial charge in [0.1, 0.15) is 11.1 Å². The molecule has 0 aliphatic carbocycles. The SMILES string of the molecule is Cc1ccc(N(CC(=O)O)C(=O)c2ccnc(Br)c2)cc1. The number of carbonyl (C=O) groups excluding carboxylic acids is 1. The molecule has 0 saturated carbocycles. The Morgan fingerprint density at radius 2 is 1.90 bits per heavy atom. The summed E-state index contributed by atoms with van der Waals surface area (Å²) in [4.78, 5) is 28.8. The molecule has 0 spiro atoms. The van der Waals surface area contributed by atoms with Gasteiger partial charge in [0.2, 0.25) is 0 Å². The van der Waals surface area contributed by atoms with E-state index in [9.17, 15) is 9.59 Å². The Morgan fingerprint density at radius 1 is 1.24 bits per heavy atom. The molecule has 1 aromatic carbocycles. The first-order valence-electron chi connectivity index (χ1n) is 6.19. The lowest BCUT2D eigenvalue weighted by Gasteiger charge is -2.21. The first-order valence-corrected chi connectivity index (χ1v) is 6.98. The lowest BCUT2D eigenvalue weighted by Crippen LogP contribution is -2.35. The average molecular weight is 349 g/mol. The van der Waals surface area contributed by atoms with E-state index in [0.29, 0.717) is 15.9 Å². The number of anilines is 1. The predicted molar refractivity (Wildman–Crippen MR) is 82.4 cm³/mol. The second-order valence-electron chi connectivity index (χ2n) is 4.49. The van der Waals surface area contributed by atoms with Crippen LogP contribution in [0.3, 0.4) is 0 Å². The topological polar surface area (TPSA) is 70.5 Å². The van der Waals surface area contributed by atoms with E-state index in [1.54, 1.807) is 24.3 Å². The summed E-state index contributed by atoms with van der Waals surface area (Å²) >= 11 is 3.20. The largest absolute Gasteiger partial charge is 0.480 e. The van der Waals surface area contributed by atoms with Gasteiger partial charge in [0, 0.05) is 17.4 Å². The van der Waals surface area contributed by atoms with Gasteiger partial charge in [-0.25, -0.2) is 4.98 Å².